The molecule has 1 saturated heterocycles. The summed E-state index contributed by atoms with van der Waals surface area (Å²) < 4.78 is 53.3. The molecule has 4 bridgehead atoms. The summed E-state index contributed by atoms with van der Waals surface area (Å²) in [6, 6.07) is 2.64. The Morgan fingerprint density at radius 2 is 1.85 bits per heavy atom. The summed E-state index contributed by atoms with van der Waals surface area (Å²) in [7, 11) is 0. The number of hydrogen-bond donors (Lipinski definition) is 1. The van der Waals surface area contributed by atoms with E-state index in [1.165, 1.54) is 6.07 Å². The third-order valence-electron chi connectivity index (χ3n) is 7.86. The Morgan fingerprint density at radius 1 is 1.15 bits per heavy atom. The van der Waals surface area contributed by atoms with E-state index in [1.54, 1.807) is 0 Å². The molecule has 1 aromatic heterocycles. The number of alkyl halides is 4. The SMILES string of the molecule is N#CN=C(CN1CCN(c2ccc(C(F)(F)F)cn2)CC1)NC1C2CC3CC1CC(F)(C3)C2. The van der Waals surface area contributed by atoms with Crippen molar-refractivity contribution in [1.82, 2.24) is 15.2 Å². The van der Waals surface area contributed by atoms with Gasteiger partial charge in [-0.05, 0) is 62.0 Å². The van der Waals surface area contributed by atoms with E-state index < -0.39 is 17.4 Å². The predicted molar refractivity (Wildman–Crippen MR) is 115 cm³/mol. The fraction of sp³-hybridized carbons (Fsp3) is 0.696. The Bertz CT molecular complexity index is 916. The number of nitrogens with zero attached hydrogens (tertiary/aromatic N) is 5. The van der Waals surface area contributed by atoms with Crippen LogP contribution < -0.4 is 10.2 Å². The van der Waals surface area contributed by atoms with E-state index in [0.29, 0.717) is 81.4 Å². The minimum absolute atomic E-state index is 0.176. The number of amidine groups is 1. The molecule has 6 rings (SSSR count). The highest BCUT2D eigenvalue weighted by atomic mass is 19.4. The van der Waals surface area contributed by atoms with E-state index in [4.69, 9.17) is 0 Å². The van der Waals surface area contributed by atoms with Crippen molar-refractivity contribution in [1.29, 1.82) is 5.26 Å². The Balaban J connectivity index is 1.17. The van der Waals surface area contributed by atoms with E-state index >= 15 is 0 Å². The van der Waals surface area contributed by atoms with Crippen molar-refractivity contribution in [2.24, 2.45) is 22.7 Å². The first kappa shape index (κ1) is 22.4. The van der Waals surface area contributed by atoms with Gasteiger partial charge in [0.2, 0.25) is 6.19 Å². The number of nitrogens with one attached hydrogen (secondary N) is 1. The van der Waals surface area contributed by atoms with Gasteiger partial charge in [0.1, 0.15) is 17.3 Å². The zero-order valence-electron chi connectivity index (χ0n) is 18.4. The highest BCUT2D eigenvalue weighted by Gasteiger charge is 2.56. The van der Waals surface area contributed by atoms with Crippen molar-refractivity contribution >= 4 is 11.7 Å². The molecular weight excluding hydrogens is 436 g/mol. The minimum atomic E-state index is -4.39. The maximum absolute atomic E-state index is 15.0. The fourth-order valence-electron chi connectivity index (χ4n) is 6.61. The van der Waals surface area contributed by atoms with Crippen molar-refractivity contribution in [3.63, 3.8) is 0 Å². The molecule has 10 heteroatoms. The third kappa shape index (κ3) is 4.65. The van der Waals surface area contributed by atoms with Crippen LogP contribution in [0, 0.1) is 29.2 Å². The van der Waals surface area contributed by atoms with Crippen LogP contribution in [0.2, 0.25) is 0 Å². The van der Waals surface area contributed by atoms with Crippen LogP contribution in [0.1, 0.15) is 37.7 Å². The number of rotatable bonds is 4. The quantitative estimate of drug-likeness (QED) is 0.319. The summed E-state index contributed by atoms with van der Waals surface area (Å²) in [6.07, 6.45) is 2.42. The van der Waals surface area contributed by atoms with Gasteiger partial charge in [0.05, 0.1) is 12.1 Å². The van der Waals surface area contributed by atoms with Gasteiger partial charge >= 0.3 is 6.18 Å². The second-order valence-corrected chi connectivity index (χ2v) is 10.1. The number of pyridine rings is 1. The monoisotopic (exact) mass is 464 g/mol. The van der Waals surface area contributed by atoms with Gasteiger partial charge in [0.25, 0.3) is 0 Å². The lowest BCUT2D eigenvalue weighted by Gasteiger charge is -2.57. The number of halogens is 4. The van der Waals surface area contributed by atoms with Crippen molar-refractivity contribution in [3.05, 3.63) is 23.9 Å². The van der Waals surface area contributed by atoms with E-state index in [-0.39, 0.29) is 6.04 Å². The standard InChI is InChI=1S/C23H28F4N6/c24-22-9-15-7-16(10-22)21(17(8-15)11-22)31-19(30-14-28)13-32-3-5-33(6-4-32)20-2-1-18(12-29-20)23(25,26)27/h1-2,12,15-17,21H,3-11,13H2,(H,30,31). The minimum Gasteiger partial charge on any atom is -0.368 e. The predicted octanol–water partition coefficient (Wildman–Crippen LogP) is 3.61. The molecule has 0 amide bonds. The van der Waals surface area contributed by atoms with Crippen molar-refractivity contribution in [2.45, 2.75) is 50.0 Å². The van der Waals surface area contributed by atoms with Crippen LogP contribution in [0.3, 0.4) is 0 Å². The van der Waals surface area contributed by atoms with Gasteiger partial charge in [0.15, 0.2) is 0 Å². The third-order valence-corrected chi connectivity index (χ3v) is 7.86. The zero-order chi connectivity index (χ0) is 23.2. The highest BCUT2D eigenvalue weighted by molar-refractivity contribution is 5.85. The lowest BCUT2D eigenvalue weighted by atomic mass is 9.53. The summed E-state index contributed by atoms with van der Waals surface area (Å²) in [5.74, 6) is 2.25. The molecule has 33 heavy (non-hydrogen) atoms. The van der Waals surface area contributed by atoms with Gasteiger partial charge in [-0.15, -0.1) is 0 Å². The summed E-state index contributed by atoms with van der Waals surface area (Å²) in [5.41, 5.74) is -1.75. The van der Waals surface area contributed by atoms with Crippen LogP contribution >= 0.6 is 0 Å². The highest BCUT2D eigenvalue weighted by Crippen LogP contribution is 2.57. The Hall–Kier alpha value is -2.41. The molecule has 0 spiro atoms. The maximum Gasteiger partial charge on any atom is 0.417 e. The molecule has 5 aliphatic rings. The van der Waals surface area contributed by atoms with Crippen molar-refractivity contribution < 1.29 is 17.6 Å². The number of aromatic nitrogens is 1. The molecule has 5 fully saturated rings. The second kappa shape index (κ2) is 8.42. The largest absolute Gasteiger partial charge is 0.417 e. The number of aliphatic imine (C=N–C) groups is 1. The lowest BCUT2D eigenvalue weighted by Crippen LogP contribution is -2.61. The van der Waals surface area contributed by atoms with Gasteiger partial charge in [0, 0.05) is 38.4 Å². The van der Waals surface area contributed by atoms with Gasteiger partial charge < -0.3 is 10.2 Å². The molecule has 2 heterocycles. The summed E-state index contributed by atoms with van der Waals surface area (Å²) >= 11 is 0. The van der Waals surface area contributed by atoms with Crippen LogP contribution in [0.5, 0.6) is 0 Å². The molecule has 0 radical (unpaired) electrons. The molecule has 178 valence electrons. The number of nitriles is 1. The van der Waals surface area contributed by atoms with Crippen molar-refractivity contribution in [2.75, 3.05) is 37.6 Å². The molecule has 1 aliphatic heterocycles. The summed E-state index contributed by atoms with van der Waals surface area (Å²) in [5, 5.41) is 12.7. The second-order valence-electron chi connectivity index (χ2n) is 10.1. The normalized spacial score (nSPS) is 34.4. The first-order chi connectivity index (χ1) is 15.7. The van der Waals surface area contributed by atoms with Crippen LogP contribution in [0.25, 0.3) is 0 Å². The van der Waals surface area contributed by atoms with Gasteiger partial charge in [-0.2, -0.15) is 23.4 Å². The molecule has 4 saturated carbocycles. The van der Waals surface area contributed by atoms with E-state index in [1.807, 2.05) is 11.1 Å². The average Bonchev–Trinajstić information content (AvgIpc) is 2.75. The molecular formula is C23H28F4N6. The number of piperazine rings is 1. The van der Waals surface area contributed by atoms with E-state index in [0.717, 1.165) is 25.1 Å². The zero-order valence-corrected chi connectivity index (χ0v) is 18.4. The molecule has 1 N–H and O–H groups in total. The van der Waals surface area contributed by atoms with Crippen LogP contribution in [0.4, 0.5) is 23.4 Å². The van der Waals surface area contributed by atoms with Crippen LogP contribution in [-0.4, -0.2) is 60.2 Å². The Kier molecular flexibility index (Phi) is 5.71. The first-order valence-corrected chi connectivity index (χ1v) is 11.6. The molecule has 6 nitrogen and oxygen atoms in total. The number of hydrogen-bond acceptors (Lipinski definition) is 5. The number of anilines is 1. The smallest absolute Gasteiger partial charge is 0.368 e. The Labute approximate surface area is 190 Å². The summed E-state index contributed by atoms with van der Waals surface area (Å²) in [6.45, 7) is 3.11. The topological polar surface area (TPSA) is 67.5 Å². The molecule has 2 atom stereocenters. The fourth-order valence-corrected chi connectivity index (χ4v) is 6.61. The van der Waals surface area contributed by atoms with Crippen LogP contribution in [-0.2, 0) is 6.18 Å². The van der Waals surface area contributed by atoms with E-state index in [2.05, 4.69) is 20.2 Å². The Morgan fingerprint density at radius 3 is 2.39 bits per heavy atom. The molecule has 1 aromatic rings. The maximum atomic E-state index is 15.0. The lowest BCUT2D eigenvalue weighted by molar-refractivity contribution is -0.137. The van der Waals surface area contributed by atoms with Gasteiger partial charge in [-0.1, -0.05) is 0 Å². The van der Waals surface area contributed by atoms with Gasteiger partial charge in [-0.3, -0.25) is 4.90 Å². The molecule has 4 aliphatic carbocycles. The van der Waals surface area contributed by atoms with Crippen LogP contribution in [0.15, 0.2) is 23.3 Å². The first-order valence-electron chi connectivity index (χ1n) is 11.6. The van der Waals surface area contributed by atoms with Crippen molar-refractivity contribution in [3.8, 4) is 6.19 Å². The summed E-state index contributed by atoms with van der Waals surface area (Å²) in [4.78, 5) is 12.2. The molecule has 0 aromatic carbocycles. The van der Waals surface area contributed by atoms with Gasteiger partial charge in [-0.25, -0.2) is 9.37 Å². The molecule has 2 unspecified atom stereocenters. The average molecular weight is 465 g/mol. The van der Waals surface area contributed by atoms with E-state index in [9.17, 15) is 22.8 Å².